The van der Waals surface area contributed by atoms with E-state index in [-0.39, 0.29) is 24.0 Å². The first-order valence-corrected chi connectivity index (χ1v) is 7.50. The van der Waals surface area contributed by atoms with E-state index in [0.717, 1.165) is 6.42 Å². The quantitative estimate of drug-likeness (QED) is 0.796. The molecule has 0 radical (unpaired) electrons. The molecule has 1 fully saturated rings. The Labute approximate surface area is 122 Å². The number of nitrogens with zero attached hydrogens (tertiary/aromatic N) is 1. The van der Waals surface area contributed by atoms with Crippen molar-refractivity contribution in [1.29, 1.82) is 0 Å². The van der Waals surface area contributed by atoms with E-state index >= 15 is 0 Å². The van der Waals surface area contributed by atoms with Crippen molar-refractivity contribution in [2.45, 2.75) is 52.7 Å². The summed E-state index contributed by atoms with van der Waals surface area (Å²) in [4.78, 5) is 13.5. The summed E-state index contributed by atoms with van der Waals surface area (Å²) in [6, 6.07) is 0. The topological polar surface area (TPSA) is 49.8 Å². The van der Waals surface area contributed by atoms with E-state index in [1.807, 2.05) is 34.6 Å². The molecule has 4 nitrogen and oxygen atoms in total. The number of halogens is 1. The molecule has 2 unspecified atom stereocenters. The van der Waals surface area contributed by atoms with Gasteiger partial charge in [0.25, 0.3) is 0 Å². The van der Waals surface area contributed by atoms with E-state index in [1.54, 1.807) is 4.90 Å². The van der Waals surface area contributed by atoms with Gasteiger partial charge in [-0.1, -0.05) is 13.8 Å². The third kappa shape index (κ3) is 6.48. The van der Waals surface area contributed by atoms with Gasteiger partial charge in [-0.2, -0.15) is 0 Å². The minimum absolute atomic E-state index is 0.183. The molecule has 0 bridgehead atoms. The van der Waals surface area contributed by atoms with Gasteiger partial charge < -0.3 is 14.7 Å². The minimum atomic E-state index is -0.453. The van der Waals surface area contributed by atoms with Crippen molar-refractivity contribution in [2.75, 3.05) is 19.5 Å². The molecule has 1 saturated heterocycles. The zero-order valence-electron chi connectivity index (χ0n) is 12.9. The highest BCUT2D eigenvalue weighted by molar-refractivity contribution is 6.15. The Morgan fingerprint density at radius 1 is 1.37 bits per heavy atom. The van der Waals surface area contributed by atoms with Gasteiger partial charge in [0.1, 0.15) is 5.60 Å². The van der Waals surface area contributed by atoms with Crippen LogP contribution in [-0.4, -0.2) is 47.3 Å². The Hall–Kier alpha value is -0.480. The van der Waals surface area contributed by atoms with Crippen molar-refractivity contribution >= 4 is 17.7 Å². The summed E-state index contributed by atoms with van der Waals surface area (Å²) in [5.41, 5.74) is -0.453. The third-order valence-electron chi connectivity index (χ3n) is 3.04. The molecular weight excluding hydrogens is 266 g/mol. The zero-order valence-corrected chi connectivity index (χ0v) is 13.7. The molecule has 0 spiro atoms. The highest BCUT2D eigenvalue weighted by Crippen LogP contribution is 2.25. The van der Waals surface area contributed by atoms with Crippen molar-refractivity contribution in [3.8, 4) is 0 Å². The molecule has 2 atom stereocenters. The van der Waals surface area contributed by atoms with E-state index < -0.39 is 5.60 Å². The number of carbonyl (C=O) groups is 1. The number of aliphatic hydroxyl groups excluding tert-OH is 1. The smallest absolute Gasteiger partial charge is 0.410 e. The van der Waals surface area contributed by atoms with Crippen molar-refractivity contribution in [3.05, 3.63) is 0 Å². The molecule has 1 N–H and O–H groups in total. The van der Waals surface area contributed by atoms with E-state index in [1.165, 1.54) is 6.38 Å². The van der Waals surface area contributed by atoms with E-state index in [9.17, 15) is 9.90 Å². The number of hydrogen-bond donors (Lipinski definition) is 1. The zero-order chi connectivity index (χ0) is 15.2. The Balaban J connectivity index is 0.00000154. The summed E-state index contributed by atoms with van der Waals surface area (Å²) in [6.45, 7) is 10.9. The summed E-state index contributed by atoms with van der Waals surface area (Å²) in [6.07, 6.45) is 1.73. The van der Waals surface area contributed by atoms with Crippen LogP contribution in [-0.2, 0) is 4.74 Å². The summed E-state index contributed by atoms with van der Waals surface area (Å²) in [5, 5.41) is 9.98. The fraction of sp³-hybridized carbons (Fsp3) is 0.929. The molecule has 1 amide bonds. The Morgan fingerprint density at radius 3 is 2.32 bits per heavy atom. The number of hydrogen-bond acceptors (Lipinski definition) is 3. The maximum atomic E-state index is 11.8. The number of alkyl halides is 1. The fourth-order valence-corrected chi connectivity index (χ4v) is 2.10. The first kappa shape index (κ1) is 18.5. The lowest BCUT2D eigenvalue weighted by molar-refractivity contribution is 0.0247. The van der Waals surface area contributed by atoms with Crippen LogP contribution in [0.25, 0.3) is 0 Å². The number of ether oxygens (including phenoxy) is 1. The molecule has 0 saturated carbocycles. The average molecular weight is 294 g/mol. The molecule has 0 aliphatic carbocycles. The van der Waals surface area contributed by atoms with Crippen LogP contribution in [0.15, 0.2) is 0 Å². The molecular formula is C14H28ClNO3. The van der Waals surface area contributed by atoms with Crippen LogP contribution in [0.3, 0.4) is 0 Å². The van der Waals surface area contributed by atoms with Crippen LogP contribution in [0.1, 0.15) is 41.0 Å². The van der Waals surface area contributed by atoms with Gasteiger partial charge in [-0.25, -0.2) is 4.79 Å². The van der Waals surface area contributed by atoms with Gasteiger partial charge >= 0.3 is 6.09 Å². The lowest BCUT2D eigenvalue weighted by Crippen LogP contribution is -2.36. The maximum absolute atomic E-state index is 11.8. The van der Waals surface area contributed by atoms with E-state index in [2.05, 4.69) is 11.6 Å². The number of carbonyl (C=O) groups excluding carboxylic acids is 1. The predicted molar refractivity (Wildman–Crippen MR) is 78.5 cm³/mol. The molecule has 1 aliphatic heterocycles. The molecule has 5 heteroatoms. The molecule has 0 aromatic carbocycles. The lowest BCUT2D eigenvalue weighted by atomic mass is 9.93. The molecule has 19 heavy (non-hydrogen) atoms. The van der Waals surface area contributed by atoms with Crippen molar-refractivity contribution in [3.63, 3.8) is 0 Å². The first-order valence-electron chi connectivity index (χ1n) is 6.74. The molecule has 0 aromatic rings. The van der Waals surface area contributed by atoms with Gasteiger partial charge in [0.15, 0.2) is 0 Å². The lowest BCUT2D eigenvalue weighted by Gasteiger charge is -2.25. The highest BCUT2D eigenvalue weighted by Gasteiger charge is 2.34. The fourth-order valence-electron chi connectivity index (χ4n) is 2.10. The summed E-state index contributed by atoms with van der Waals surface area (Å²) in [7, 11) is 0. The Bertz CT molecular complexity index is 276. The van der Waals surface area contributed by atoms with Crippen molar-refractivity contribution < 1.29 is 14.6 Å². The summed E-state index contributed by atoms with van der Waals surface area (Å²) >= 11 is 4.64. The van der Waals surface area contributed by atoms with Crippen LogP contribution >= 0.6 is 11.6 Å². The SMILES string of the molecule is CC(C)C(O)C1CCN(C(=O)OC(C)(C)C)C1.CCl. The number of rotatable bonds is 2. The number of likely N-dealkylation sites (tertiary alicyclic amines) is 1. The van der Waals surface area contributed by atoms with Crippen LogP contribution in [0.4, 0.5) is 4.79 Å². The third-order valence-corrected chi connectivity index (χ3v) is 3.04. The van der Waals surface area contributed by atoms with Crippen LogP contribution < -0.4 is 0 Å². The normalized spacial score (nSPS) is 20.9. The van der Waals surface area contributed by atoms with Gasteiger partial charge in [-0.05, 0) is 33.1 Å². The molecule has 1 rings (SSSR count). The second-order valence-corrected chi connectivity index (χ2v) is 6.21. The summed E-state index contributed by atoms with van der Waals surface area (Å²) in [5.74, 6) is 0.418. The van der Waals surface area contributed by atoms with Crippen LogP contribution in [0.5, 0.6) is 0 Å². The van der Waals surface area contributed by atoms with Gasteiger partial charge in [-0.15, -0.1) is 11.6 Å². The molecule has 114 valence electrons. The molecule has 1 aliphatic rings. The Morgan fingerprint density at radius 2 is 1.89 bits per heavy atom. The van der Waals surface area contributed by atoms with Gasteiger partial charge in [0.05, 0.1) is 6.10 Å². The van der Waals surface area contributed by atoms with Gasteiger partial charge in [0.2, 0.25) is 0 Å². The van der Waals surface area contributed by atoms with E-state index in [4.69, 9.17) is 4.74 Å². The summed E-state index contributed by atoms with van der Waals surface area (Å²) < 4.78 is 5.32. The van der Waals surface area contributed by atoms with Crippen LogP contribution in [0.2, 0.25) is 0 Å². The van der Waals surface area contributed by atoms with Gasteiger partial charge in [-0.3, -0.25) is 0 Å². The predicted octanol–water partition coefficient (Wildman–Crippen LogP) is 3.12. The second-order valence-electron chi connectivity index (χ2n) is 6.21. The molecule has 0 aromatic heterocycles. The highest BCUT2D eigenvalue weighted by atomic mass is 35.5. The second kappa shape index (κ2) is 7.95. The van der Waals surface area contributed by atoms with Gasteiger partial charge in [0, 0.05) is 25.4 Å². The Kier molecular flexibility index (Phi) is 7.75. The largest absolute Gasteiger partial charge is 0.444 e. The monoisotopic (exact) mass is 293 g/mol. The standard InChI is InChI=1S/C13H25NO3.CH3Cl/c1-9(2)11(15)10-6-7-14(8-10)12(16)17-13(3,4)5;1-2/h9-11,15H,6-8H2,1-5H3;1H3. The number of aliphatic hydroxyl groups is 1. The van der Waals surface area contributed by atoms with Crippen molar-refractivity contribution in [2.24, 2.45) is 11.8 Å². The van der Waals surface area contributed by atoms with Crippen molar-refractivity contribution in [1.82, 2.24) is 4.90 Å². The minimum Gasteiger partial charge on any atom is -0.444 e. The maximum Gasteiger partial charge on any atom is 0.410 e. The van der Waals surface area contributed by atoms with E-state index in [0.29, 0.717) is 13.1 Å². The van der Waals surface area contributed by atoms with Crippen LogP contribution in [0, 0.1) is 11.8 Å². The molecule has 1 heterocycles. The number of amides is 1. The average Bonchev–Trinajstić information content (AvgIpc) is 2.77. The first-order chi connectivity index (χ1) is 8.70.